The molecule has 0 aliphatic heterocycles. The van der Waals surface area contributed by atoms with Crippen LogP contribution in [0, 0.1) is 0 Å². The minimum absolute atomic E-state index is 0.182. The van der Waals surface area contributed by atoms with Crippen molar-refractivity contribution in [2.24, 2.45) is 0 Å². The second-order valence-electron chi connectivity index (χ2n) is 16.5. The molecule has 0 radical (unpaired) electrons. The first-order valence-corrected chi connectivity index (χ1v) is 20.6. The zero-order valence-corrected chi connectivity index (χ0v) is 33.0. The fourth-order valence-electron chi connectivity index (χ4n) is 10.1. The molecule has 1 heterocycles. The van der Waals surface area contributed by atoms with Crippen LogP contribution in [0.4, 0.5) is 17.1 Å². The Morgan fingerprint density at radius 1 is 0.373 bits per heavy atom. The number of para-hydroxylation sites is 2. The van der Waals surface area contributed by atoms with E-state index >= 15 is 0 Å². The molecule has 2 heteroatoms. The van der Waals surface area contributed by atoms with E-state index in [1.54, 1.807) is 0 Å². The monoisotopic (exact) mass is 752 g/mol. The molecule has 1 aliphatic carbocycles. The summed E-state index contributed by atoms with van der Waals surface area (Å²) in [5, 5.41) is 10.0. The maximum atomic E-state index is 2.50. The SMILES string of the molecule is CC1(C)c2cc(N(c3ccc(-n4c5ccccc5c5ccccc54)cc3)c3ccc4ccccc4c3-c3cccc4ccccc34)ccc2-c2cc3ccccc3cc21. The maximum Gasteiger partial charge on any atom is 0.0546 e. The van der Waals surface area contributed by atoms with Crippen molar-refractivity contribution in [3.05, 3.63) is 217 Å². The number of anilines is 3. The molecular weight excluding hydrogens is 713 g/mol. The van der Waals surface area contributed by atoms with E-state index in [0.717, 1.165) is 22.7 Å². The zero-order chi connectivity index (χ0) is 39.2. The number of benzene rings is 10. The first-order chi connectivity index (χ1) is 29.0. The van der Waals surface area contributed by atoms with Crippen molar-refractivity contribution >= 4 is 71.2 Å². The molecule has 59 heavy (non-hydrogen) atoms. The van der Waals surface area contributed by atoms with E-state index in [1.807, 2.05) is 0 Å². The van der Waals surface area contributed by atoms with Gasteiger partial charge in [-0.2, -0.15) is 0 Å². The summed E-state index contributed by atoms with van der Waals surface area (Å²) in [6.45, 7) is 4.78. The Bertz CT molecular complexity index is 3420. The lowest BCUT2D eigenvalue weighted by Gasteiger charge is -2.31. The number of nitrogens with zero attached hydrogens (tertiary/aromatic N) is 2. The second kappa shape index (κ2) is 12.8. The van der Waals surface area contributed by atoms with Gasteiger partial charge in [0, 0.05) is 38.8 Å². The third kappa shape index (κ3) is 5.06. The van der Waals surface area contributed by atoms with Crippen molar-refractivity contribution in [1.29, 1.82) is 0 Å². The highest BCUT2D eigenvalue weighted by Gasteiger charge is 2.36. The van der Waals surface area contributed by atoms with Gasteiger partial charge in [0.2, 0.25) is 0 Å². The highest BCUT2D eigenvalue weighted by molar-refractivity contribution is 6.12. The van der Waals surface area contributed by atoms with Gasteiger partial charge in [-0.1, -0.05) is 153 Å². The average molecular weight is 753 g/mol. The van der Waals surface area contributed by atoms with Gasteiger partial charge in [-0.25, -0.2) is 0 Å². The largest absolute Gasteiger partial charge is 0.310 e. The number of rotatable bonds is 5. The van der Waals surface area contributed by atoms with E-state index in [-0.39, 0.29) is 5.41 Å². The molecule has 1 aromatic heterocycles. The van der Waals surface area contributed by atoms with Crippen molar-refractivity contribution in [1.82, 2.24) is 4.57 Å². The molecule has 0 amide bonds. The first kappa shape index (κ1) is 33.7. The van der Waals surface area contributed by atoms with Crippen molar-refractivity contribution in [2.45, 2.75) is 19.3 Å². The summed E-state index contributed by atoms with van der Waals surface area (Å²) in [6.07, 6.45) is 0. The van der Waals surface area contributed by atoms with Crippen molar-refractivity contribution < 1.29 is 0 Å². The van der Waals surface area contributed by atoms with Crippen LogP contribution in [0.3, 0.4) is 0 Å². The quantitative estimate of drug-likeness (QED) is 0.170. The summed E-state index contributed by atoms with van der Waals surface area (Å²) in [5.41, 5.74) is 14.6. The fourth-order valence-corrected chi connectivity index (χ4v) is 10.1. The molecular formula is C57H40N2. The molecule has 278 valence electrons. The lowest BCUT2D eigenvalue weighted by molar-refractivity contribution is 0.661. The van der Waals surface area contributed by atoms with Crippen LogP contribution < -0.4 is 4.90 Å². The van der Waals surface area contributed by atoms with Gasteiger partial charge < -0.3 is 9.47 Å². The molecule has 0 saturated heterocycles. The van der Waals surface area contributed by atoms with E-state index in [0.29, 0.717) is 0 Å². The Kier molecular flexibility index (Phi) is 7.31. The molecule has 0 saturated carbocycles. The number of hydrogen-bond acceptors (Lipinski definition) is 1. The number of fused-ring (bicyclic) bond motifs is 9. The highest BCUT2D eigenvalue weighted by Crippen LogP contribution is 2.53. The Morgan fingerprint density at radius 2 is 0.915 bits per heavy atom. The molecule has 0 fully saturated rings. The van der Waals surface area contributed by atoms with Crippen LogP contribution in [-0.2, 0) is 5.41 Å². The summed E-state index contributed by atoms with van der Waals surface area (Å²) in [4.78, 5) is 2.50. The highest BCUT2D eigenvalue weighted by atomic mass is 15.1. The van der Waals surface area contributed by atoms with Crippen LogP contribution in [0.25, 0.3) is 82.1 Å². The Labute approximate surface area is 343 Å². The lowest BCUT2D eigenvalue weighted by atomic mass is 9.81. The summed E-state index contributed by atoms with van der Waals surface area (Å²) in [7, 11) is 0. The first-order valence-electron chi connectivity index (χ1n) is 20.6. The van der Waals surface area contributed by atoms with E-state index in [1.165, 1.54) is 87.5 Å². The zero-order valence-electron chi connectivity index (χ0n) is 33.0. The van der Waals surface area contributed by atoms with Gasteiger partial charge in [0.1, 0.15) is 0 Å². The van der Waals surface area contributed by atoms with Gasteiger partial charge in [-0.05, 0) is 127 Å². The van der Waals surface area contributed by atoms with Crippen molar-refractivity contribution in [2.75, 3.05) is 4.90 Å². The lowest BCUT2D eigenvalue weighted by Crippen LogP contribution is -2.17. The Hall–Kier alpha value is -7.42. The van der Waals surface area contributed by atoms with Crippen LogP contribution in [-0.4, -0.2) is 4.57 Å². The predicted octanol–water partition coefficient (Wildman–Crippen LogP) is 15.7. The van der Waals surface area contributed by atoms with Crippen LogP contribution in [0.2, 0.25) is 0 Å². The van der Waals surface area contributed by atoms with E-state index < -0.39 is 0 Å². The molecule has 12 rings (SSSR count). The summed E-state index contributed by atoms with van der Waals surface area (Å²) < 4.78 is 2.40. The maximum absolute atomic E-state index is 2.50. The molecule has 0 unspecified atom stereocenters. The predicted molar refractivity (Wildman–Crippen MR) is 251 cm³/mol. The van der Waals surface area contributed by atoms with Gasteiger partial charge in [0.15, 0.2) is 0 Å². The summed E-state index contributed by atoms with van der Waals surface area (Å²) in [6, 6.07) is 76.3. The third-order valence-corrected chi connectivity index (χ3v) is 12.9. The van der Waals surface area contributed by atoms with Gasteiger partial charge in [-0.3, -0.25) is 0 Å². The fraction of sp³-hybridized carbons (Fsp3) is 0.0526. The standard InChI is InChI=1S/C57H40N2/c1-57(2)51-35-40-17-4-3-16-39(40)34-50(51)46-32-31-43(36-52(46)57)58(41-27-29-42(30-28-41)59-53-24-11-9-21-47(53)48-22-10-12-25-54(48)59)55-33-26-38-15-6-8-20-45(38)56(55)49-23-13-18-37-14-5-7-19-44(37)49/h3-36H,1-2H3. The minimum atomic E-state index is -0.182. The number of aromatic nitrogens is 1. The summed E-state index contributed by atoms with van der Waals surface area (Å²) >= 11 is 0. The molecule has 2 nitrogen and oxygen atoms in total. The van der Waals surface area contributed by atoms with Gasteiger partial charge in [-0.15, -0.1) is 0 Å². The third-order valence-electron chi connectivity index (χ3n) is 12.9. The Balaban J connectivity index is 1.11. The van der Waals surface area contributed by atoms with Crippen molar-refractivity contribution in [3.8, 4) is 27.9 Å². The second-order valence-corrected chi connectivity index (χ2v) is 16.5. The van der Waals surface area contributed by atoms with Gasteiger partial charge >= 0.3 is 0 Å². The van der Waals surface area contributed by atoms with Crippen LogP contribution in [0.15, 0.2) is 206 Å². The van der Waals surface area contributed by atoms with E-state index in [9.17, 15) is 0 Å². The topological polar surface area (TPSA) is 8.17 Å². The molecule has 0 bridgehead atoms. The smallest absolute Gasteiger partial charge is 0.0546 e. The van der Waals surface area contributed by atoms with E-state index in [4.69, 9.17) is 0 Å². The Morgan fingerprint density at radius 3 is 1.63 bits per heavy atom. The normalized spacial score (nSPS) is 13.1. The van der Waals surface area contributed by atoms with Gasteiger partial charge in [0.25, 0.3) is 0 Å². The van der Waals surface area contributed by atoms with Crippen molar-refractivity contribution in [3.63, 3.8) is 0 Å². The minimum Gasteiger partial charge on any atom is -0.310 e. The van der Waals surface area contributed by atoms with E-state index in [2.05, 4.69) is 230 Å². The van der Waals surface area contributed by atoms with Gasteiger partial charge in [0.05, 0.1) is 16.7 Å². The molecule has 0 atom stereocenters. The van der Waals surface area contributed by atoms with Crippen LogP contribution in [0.5, 0.6) is 0 Å². The molecule has 0 spiro atoms. The summed E-state index contributed by atoms with van der Waals surface area (Å²) in [5.74, 6) is 0. The molecule has 11 aromatic rings. The number of hydrogen-bond donors (Lipinski definition) is 0. The molecule has 1 aliphatic rings. The average Bonchev–Trinajstić information content (AvgIpc) is 3.73. The molecule has 10 aromatic carbocycles. The van der Waals surface area contributed by atoms with Crippen LogP contribution >= 0.6 is 0 Å². The molecule has 0 N–H and O–H groups in total. The van der Waals surface area contributed by atoms with Crippen LogP contribution in [0.1, 0.15) is 25.0 Å².